The minimum absolute atomic E-state index is 0.150. The molecule has 1 aliphatic heterocycles. The van der Waals surface area contributed by atoms with E-state index in [2.05, 4.69) is 0 Å². The summed E-state index contributed by atoms with van der Waals surface area (Å²) in [6.07, 6.45) is 1.61. The van der Waals surface area contributed by atoms with E-state index in [-0.39, 0.29) is 11.5 Å². The van der Waals surface area contributed by atoms with Crippen LogP contribution >= 0.6 is 0 Å². The van der Waals surface area contributed by atoms with E-state index < -0.39 is 5.97 Å². The van der Waals surface area contributed by atoms with Crippen LogP contribution in [-0.2, 0) is 0 Å². The number of rotatable bonds is 5. The lowest BCUT2D eigenvalue weighted by Crippen LogP contribution is -2.09. The highest BCUT2D eigenvalue weighted by atomic mass is 16.5. The monoisotopic (exact) mass is 430 g/mol. The van der Waals surface area contributed by atoms with Gasteiger partial charge in [-0.25, -0.2) is 4.79 Å². The van der Waals surface area contributed by atoms with E-state index in [0.29, 0.717) is 45.3 Å². The first-order valence-electron chi connectivity index (χ1n) is 10.00. The van der Waals surface area contributed by atoms with Gasteiger partial charge in [0.15, 0.2) is 5.76 Å². The number of Topliss-reactive ketones (excluding diaryl/α,β-unsaturated/α-hetero) is 1. The topological polar surface area (TPSA) is 71.1 Å². The highest BCUT2D eigenvalue weighted by Gasteiger charge is 2.31. The Kier molecular flexibility index (Phi) is 5.69. The van der Waals surface area contributed by atoms with Crippen molar-refractivity contribution in [2.45, 2.75) is 13.8 Å². The molecule has 0 spiro atoms. The predicted octanol–water partition coefficient (Wildman–Crippen LogP) is 5.16. The summed E-state index contributed by atoms with van der Waals surface area (Å²) in [6, 6.07) is 15.6. The number of benzene rings is 3. The highest BCUT2D eigenvalue weighted by Crippen LogP contribution is 2.40. The number of hydrogen-bond acceptors (Lipinski definition) is 6. The lowest BCUT2D eigenvalue weighted by Gasteiger charge is -2.10. The molecule has 1 aliphatic rings. The third kappa shape index (κ3) is 3.95. The van der Waals surface area contributed by atoms with Gasteiger partial charge in [-0.2, -0.15) is 0 Å². The summed E-state index contributed by atoms with van der Waals surface area (Å²) in [6.45, 7) is 3.69. The molecule has 32 heavy (non-hydrogen) atoms. The highest BCUT2D eigenvalue weighted by molar-refractivity contribution is 6.15. The van der Waals surface area contributed by atoms with E-state index in [1.807, 2.05) is 19.1 Å². The van der Waals surface area contributed by atoms with E-state index in [1.54, 1.807) is 69.7 Å². The number of carbonyl (C=O) groups is 2. The minimum Gasteiger partial charge on any atom is -0.497 e. The summed E-state index contributed by atoms with van der Waals surface area (Å²) in [5.74, 6) is 1.33. The molecule has 162 valence electrons. The van der Waals surface area contributed by atoms with Crippen LogP contribution in [0.5, 0.6) is 23.0 Å². The molecular weight excluding hydrogens is 408 g/mol. The van der Waals surface area contributed by atoms with Crippen LogP contribution in [0.25, 0.3) is 6.08 Å². The van der Waals surface area contributed by atoms with Crippen molar-refractivity contribution in [2.24, 2.45) is 0 Å². The molecule has 0 saturated carbocycles. The van der Waals surface area contributed by atoms with Gasteiger partial charge >= 0.3 is 5.97 Å². The van der Waals surface area contributed by atoms with Crippen LogP contribution in [0.3, 0.4) is 0 Å². The largest absolute Gasteiger partial charge is 0.497 e. The van der Waals surface area contributed by atoms with E-state index in [9.17, 15) is 9.59 Å². The second kappa shape index (κ2) is 8.59. The molecule has 3 aromatic rings. The predicted molar refractivity (Wildman–Crippen MR) is 120 cm³/mol. The van der Waals surface area contributed by atoms with Gasteiger partial charge in [0.2, 0.25) is 5.78 Å². The zero-order valence-electron chi connectivity index (χ0n) is 18.2. The number of allylic oxidation sites excluding steroid dienone is 1. The van der Waals surface area contributed by atoms with Crippen LogP contribution < -0.4 is 18.9 Å². The van der Waals surface area contributed by atoms with Crippen molar-refractivity contribution in [3.63, 3.8) is 0 Å². The van der Waals surface area contributed by atoms with Gasteiger partial charge in [-0.05, 0) is 62.4 Å². The molecule has 3 aromatic carbocycles. The van der Waals surface area contributed by atoms with Crippen LogP contribution in [0.1, 0.15) is 37.4 Å². The third-order valence-corrected chi connectivity index (χ3v) is 5.25. The molecule has 6 heteroatoms. The molecular formula is C26H22O6. The Morgan fingerprint density at radius 1 is 0.906 bits per heavy atom. The second-order valence-corrected chi connectivity index (χ2v) is 7.37. The van der Waals surface area contributed by atoms with Crippen LogP contribution in [-0.4, -0.2) is 26.0 Å². The maximum absolute atomic E-state index is 12.9. The fraction of sp³-hybridized carbons (Fsp3) is 0.154. The number of fused-ring (bicyclic) bond motifs is 1. The van der Waals surface area contributed by atoms with Crippen molar-refractivity contribution in [3.05, 3.63) is 88.2 Å². The molecule has 0 unspecified atom stereocenters. The molecule has 6 nitrogen and oxygen atoms in total. The Labute approximate surface area is 186 Å². The molecule has 0 fully saturated rings. The normalized spacial score (nSPS) is 13.5. The van der Waals surface area contributed by atoms with E-state index in [4.69, 9.17) is 18.9 Å². The molecule has 1 heterocycles. The van der Waals surface area contributed by atoms with Gasteiger partial charge in [0.25, 0.3) is 0 Å². The molecule has 0 radical (unpaired) electrons. The number of ether oxygens (including phenoxy) is 4. The van der Waals surface area contributed by atoms with Crippen LogP contribution in [0.15, 0.2) is 60.4 Å². The lowest BCUT2D eigenvalue weighted by molar-refractivity contribution is 0.0733. The number of hydrogen-bond donors (Lipinski definition) is 0. The van der Waals surface area contributed by atoms with Gasteiger partial charge in [0, 0.05) is 11.1 Å². The third-order valence-electron chi connectivity index (χ3n) is 5.25. The molecule has 0 aliphatic carbocycles. The number of ketones is 1. The Balaban J connectivity index is 1.63. The summed E-state index contributed by atoms with van der Waals surface area (Å²) in [7, 11) is 3.11. The first-order chi connectivity index (χ1) is 15.4. The number of carbonyl (C=O) groups excluding carboxylic acids is 2. The van der Waals surface area contributed by atoms with Crippen molar-refractivity contribution < 1.29 is 28.5 Å². The summed E-state index contributed by atoms with van der Waals surface area (Å²) < 4.78 is 22.1. The van der Waals surface area contributed by atoms with Crippen molar-refractivity contribution in [1.29, 1.82) is 0 Å². The molecule has 0 bridgehead atoms. The Bertz CT molecular complexity index is 1240. The van der Waals surface area contributed by atoms with Crippen molar-refractivity contribution in [3.8, 4) is 23.0 Å². The number of aryl methyl sites for hydroxylation is 1. The van der Waals surface area contributed by atoms with Crippen molar-refractivity contribution in [2.75, 3.05) is 14.2 Å². The van der Waals surface area contributed by atoms with E-state index in [1.165, 1.54) is 0 Å². The standard InChI is InChI=1S/C26H22O6/c1-15-5-7-17(8-6-15)26(28)32-21-12-10-20-24(27)23(31-25(20)16(21)2)14-18-13-19(29-3)9-11-22(18)30-4/h5-14H,1-4H3/b23-14-. The first-order valence-corrected chi connectivity index (χ1v) is 10.00. The van der Waals surface area contributed by atoms with E-state index in [0.717, 1.165) is 5.56 Å². The fourth-order valence-corrected chi connectivity index (χ4v) is 3.42. The van der Waals surface area contributed by atoms with Gasteiger partial charge in [-0.3, -0.25) is 4.79 Å². The van der Waals surface area contributed by atoms with Crippen LogP contribution in [0.4, 0.5) is 0 Å². The lowest BCUT2D eigenvalue weighted by atomic mass is 10.1. The van der Waals surface area contributed by atoms with Gasteiger partial charge in [0.1, 0.15) is 23.0 Å². The summed E-state index contributed by atoms with van der Waals surface area (Å²) in [5, 5.41) is 0. The smallest absolute Gasteiger partial charge is 0.343 e. The van der Waals surface area contributed by atoms with Crippen LogP contribution in [0.2, 0.25) is 0 Å². The first kappa shape index (κ1) is 21.2. The molecule has 4 rings (SSSR count). The summed E-state index contributed by atoms with van der Waals surface area (Å²) in [5.41, 5.74) is 3.11. The second-order valence-electron chi connectivity index (χ2n) is 7.37. The SMILES string of the molecule is COc1ccc(OC)c(/C=C2\Oc3c(ccc(OC(=O)c4ccc(C)cc4)c3C)C2=O)c1. The average molecular weight is 430 g/mol. The van der Waals surface area contributed by atoms with Crippen LogP contribution in [0, 0.1) is 13.8 Å². The van der Waals surface area contributed by atoms with E-state index >= 15 is 0 Å². The summed E-state index contributed by atoms with van der Waals surface area (Å²) >= 11 is 0. The van der Waals surface area contributed by atoms with Gasteiger partial charge in [-0.15, -0.1) is 0 Å². The molecule has 0 amide bonds. The van der Waals surface area contributed by atoms with Crippen molar-refractivity contribution in [1.82, 2.24) is 0 Å². The Morgan fingerprint density at radius 2 is 1.62 bits per heavy atom. The maximum atomic E-state index is 12.9. The summed E-state index contributed by atoms with van der Waals surface area (Å²) in [4.78, 5) is 25.4. The Hall–Kier alpha value is -4.06. The molecule has 0 atom stereocenters. The zero-order valence-corrected chi connectivity index (χ0v) is 18.2. The van der Waals surface area contributed by atoms with Crippen molar-refractivity contribution >= 4 is 17.8 Å². The molecule has 0 aromatic heterocycles. The van der Waals surface area contributed by atoms with Gasteiger partial charge in [0.05, 0.1) is 25.3 Å². The Morgan fingerprint density at radius 3 is 2.31 bits per heavy atom. The average Bonchev–Trinajstić information content (AvgIpc) is 3.12. The van der Waals surface area contributed by atoms with Gasteiger partial charge < -0.3 is 18.9 Å². The molecule has 0 saturated heterocycles. The number of methoxy groups -OCH3 is 2. The quantitative estimate of drug-likeness (QED) is 0.316. The fourth-order valence-electron chi connectivity index (χ4n) is 3.42. The molecule has 0 N–H and O–H groups in total. The zero-order chi connectivity index (χ0) is 22.8. The van der Waals surface area contributed by atoms with Gasteiger partial charge in [-0.1, -0.05) is 17.7 Å². The maximum Gasteiger partial charge on any atom is 0.343 e. The minimum atomic E-state index is -0.478. The number of esters is 1.